The molecule has 0 radical (unpaired) electrons. The van der Waals surface area contributed by atoms with E-state index in [1.807, 2.05) is 0 Å². The minimum atomic E-state index is -4.65. The van der Waals surface area contributed by atoms with E-state index >= 15 is 0 Å². The number of rotatable bonds is 1. The average molecular weight is 239 g/mol. The van der Waals surface area contributed by atoms with Crippen molar-refractivity contribution in [2.45, 2.75) is 26.1 Å². The van der Waals surface area contributed by atoms with Crippen molar-refractivity contribution in [3.63, 3.8) is 0 Å². The maximum absolute atomic E-state index is 12.3. The van der Waals surface area contributed by atoms with Crippen LogP contribution in [0, 0.1) is 13.8 Å². The predicted octanol–water partition coefficient (Wildman–Crippen LogP) is 3.55. The van der Waals surface area contributed by atoms with Gasteiger partial charge in [-0.05, 0) is 36.6 Å². The molecular weight excluding hydrogens is 229 g/mol. The zero-order chi connectivity index (χ0) is 11.8. The van der Waals surface area contributed by atoms with E-state index < -0.39 is 12.3 Å². The van der Waals surface area contributed by atoms with Crippen molar-refractivity contribution >= 4 is 11.6 Å². The molecule has 0 heterocycles. The maximum Gasteiger partial charge on any atom is 0.418 e. The van der Waals surface area contributed by atoms with E-state index in [0.29, 0.717) is 16.1 Å². The zero-order valence-electron chi connectivity index (χ0n) is 8.19. The van der Waals surface area contributed by atoms with Crippen molar-refractivity contribution in [2.24, 2.45) is 0 Å². The standard InChI is InChI=1S/C10H10ClF3O/c1-5-4-8(11)6(2)3-7(5)9(15)10(12,13)14/h3-4,9,15H,1-2H3. The summed E-state index contributed by atoms with van der Waals surface area (Å²) in [5, 5.41) is 9.48. The van der Waals surface area contributed by atoms with Gasteiger partial charge in [0.25, 0.3) is 0 Å². The van der Waals surface area contributed by atoms with Gasteiger partial charge in [0, 0.05) is 5.02 Å². The highest BCUT2D eigenvalue weighted by Gasteiger charge is 2.40. The van der Waals surface area contributed by atoms with Crippen molar-refractivity contribution in [1.82, 2.24) is 0 Å². The molecule has 0 spiro atoms. The topological polar surface area (TPSA) is 20.2 Å². The number of aryl methyl sites for hydroxylation is 2. The Kier molecular flexibility index (Phi) is 3.31. The van der Waals surface area contributed by atoms with Crippen LogP contribution in [0.5, 0.6) is 0 Å². The van der Waals surface area contributed by atoms with Gasteiger partial charge >= 0.3 is 6.18 Å². The number of hydrogen-bond donors (Lipinski definition) is 1. The van der Waals surface area contributed by atoms with Crippen LogP contribution in [0.3, 0.4) is 0 Å². The summed E-state index contributed by atoms with van der Waals surface area (Å²) in [5.41, 5.74) is 0.695. The van der Waals surface area contributed by atoms with Crippen molar-refractivity contribution in [3.05, 3.63) is 33.8 Å². The van der Waals surface area contributed by atoms with Crippen LogP contribution in [0.15, 0.2) is 12.1 Å². The summed E-state index contributed by atoms with van der Waals surface area (Å²) in [4.78, 5) is 0. The van der Waals surface area contributed by atoms with Gasteiger partial charge in [-0.2, -0.15) is 13.2 Å². The second-order valence-corrected chi connectivity index (χ2v) is 3.81. The van der Waals surface area contributed by atoms with Gasteiger partial charge in [0.2, 0.25) is 0 Å². The third-order valence-electron chi connectivity index (χ3n) is 2.15. The molecule has 0 aliphatic heterocycles. The Labute approximate surface area is 90.5 Å². The van der Waals surface area contributed by atoms with Gasteiger partial charge in [-0.25, -0.2) is 0 Å². The van der Waals surface area contributed by atoms with Crippen molar-refractivity contribution in [3.8, 4) is 0 Å². The van der Waals surface area contributed by atoms with E-state index in [2.05, 4.69) is 0 Å². The first-order valence-corrected chi connectivity index (χ1v) is 4.62. The monoisotopic (exact) mass is 238 g/mol. The second kappa shape index (κ2) is 4.02. The summed E-state index contributed by atoms with van der Waals surface area (Å²) in [6, 6.07) is 2.68. The number of alkyl halides is 3. The Morgan fingerprint density at radius 1 is 1.20 bits per heavy atom. The van der Waals surface area contributed by atoms with E-state index in [9.17, 15) is 13.2 Å². The first-order valence-electron chi connectivity index (χ1n) is 4.25. The maximum atomic E-state index is 12.3. The molecule has 0 aliphatic rings. The quantitative estimate of drug-likeness (QED) is 0.793. The zero-order valence-corrected chi connectivity index (χ0v) is 8.95. The SMILES string of the molecule is Cc1cc(C(O)C(F)(F)F)c(C)cc1Cl. The van der Waals surface area contributed by atoms with Gasteiger partial charge in [0.15, 0.2) is 6.10 Å². The van der Waals surface area contributed by atoms with Gasteiger partial charge in [0.05, 0.1) is 0 Å². The molecule has 84 valence electrons. The van der Waals surface area contributed by atoms with Crippen LogP contribution < -0.4 is 0 Å². The van der Waals surface area contributed by atoms with E-state index in [1.165, 1.54) is 19.1 Å². The van der Waals surface area contributed by atoms with Gasteiger partial charge in [-0.15, -0.1) is 0 Å². The van der Waals surface area contributed by atoms with E-state index in [0.717, 1.165) is 0 Å². The number of aliphatic hydroxyl groups is 1. The minimum Gasteiger partial charge on any atom is -0.379 e. The van der Waals surface area contributed by atoms with Crippen LogP contribution in [-0.4, -0.2) is 11.3 Å². The number of benzene rings is 1. The van der Waals surface area contributed by atoms with E-state index in [-0.39, 0.29) is 5.56 Å². The van der Waals surface area contributed by atoms with Crippen LogP contribution in [0.4, 0.5) is 13.2 Å². The van der Waals surface area contributed by atoms with Crippen LogP contribution in [0.25, 0.3) is 0 Å². The lowest BCUT2D eigenvalue weighted by atomic mass is 10.0. The fourth-order valence-electron chi connectivity index (χ4n) is 1.27. The molecule has 1 rings (SSSR count). The Balaban J connectivity index is 3.21. The summed E-state index contributed by atoms with van der Waals surface area (Å²) in [6.07, 6.45) is -7.10. The second-order valence-electron chi connectivity index (χ2n) is 3.40. The normalized spacial score (nSPS) is 14.1. The number of hydrogen-bond acceptors (Lipinski definition) is 1. The van der Waals surface area contributed by atoms with Crippen molar-refractivity contribution in [2.75, 3.05) is 0 Å². The highest BCUT2D eigenvalue weighted by Crippen LogP contribution is 2.35. The predicted molar refractivity (Wildman–Crippen MR) is 51.9 cm³/mol. The molecule has 0 fully saturated rings. The average Bonchev–Trinajstić information content (AvgIpc) is 2.08. The molecule has 1 aromatic rings. The third kappa shape index (κ3) is 2.63. The fraction of sp³-hybridized carbons (Fsp3) is 0.400. The van der Waals surface area contributed by atoms with Crippen LogP contribution in [0.1, 0.15) is 22.8 Å². The molecule has 0 bridgehead atoms. The first-order chi connectivity index (χ1) is 6.73. The molecule has 5 heteroatoms. The molecule has 15 heavy (non-hydrogen) atoms. The van der Waals surface area contributed by atoms with Crippen LogP contribution >= 0.6 is 11.6 Å². The summed E-state index contributed by atoms with van der Waals surface area (Å²) >= 11 is 5.74. The molecule has 1 N–H and O–H groups in total. The molecular formula is C10H10ClF3O. The van der Waals surface area contributed by atoms with Crippen molar-refractivity contribution < 1.29 is 18.3 Å². The lowest BCUT2D eigenvalue weighted by molar-refractivity contribution is -0.206. The summed E-state index contributed by atoms with van der Waals surface area (Å²) < 4.78 is 36.8. The van der Waals surface area contributed by atoms with Crippen LogP contribution in [0.2, 0.25) is 5.02 Å². The smallest absolute Gasteiger partial charge is 0.379 e. The molecule has 1 unspecified atom stereocenters. The largest absolute Gasteiger partial charge is 0.418 e. The fourth-order valence-corrected chi connectivity index (χ4v) is 1.49. The van der Waals surface area contributed by atoms with Crippen LogP contribution in [-0.2, 0) is 0 Å². The summed E-state index contributed by atoms with van der Waals surface area (Å²) in [5.74, 6) is 0. The van der Waals surface area contributed by atoms with E-state index in [4.69, 9.17) is 16.7 Å². The van der Waals surface area contributed by atoms with Gasteiger partial charge < -0.3 is 5.11 Å². The lowest BCUT2D eigenvalue weighted by Gasteiger charge is -2.18. The third-order valence-corrected chi connectivity index (χ3v) is 2.56. The van der Waals surface area contributed by atoms with E-state index in [1.54, 1.807) is 6.92 Å². The highest BCUT2D eigenvalue weighted by atomic mass is 35.5. The number of halogens is 4. The molecule has 0 amide bonds. The lowest BCUT2D eigenvalue weighted by Crippen LogP contribution is -2.21. The Hall–Kier alpha value is -0.740. The number of aliphatic hydroxyl groups excluding tert-OH is 1. The van der Waals surface area contributed by atoms with Gasteiger partial charge in [-0.3, -0.25) is 0 Å². The molecule has 1 atom stereocenters. The minimum absolute atomic E-state index is 0.149. The van der Waals surface area contributed by atoms with Gasteiger partial charge in [-0.1, -0.05) is 17.7 Å². The van der Waals surface area contributed by atoms with Crippen molar-refractivity contribution in [1.29, 1.82) is 0 Å². The van der Waals surface area contributed by atoms with Gasteiger partial charge in [0.1, 0.15) is 0 Å². The molecule has 0 aliphatic carbocycles. The molecule has 0 saturated heterocycles. The highest BCUT2D eigenvalue weighted by molar-refractivity contribution is 6.31. The Morgan fingerprint density at radius 2 is 1.73 bits per heavy atom. The Bertz CT molecular complexity index is 374. The summed E-state index contributed by atoms with van der Waals surface area (Å²) in [7, 11) is 0. The first kappa shape index (κ1) is 12.3. The summed E-state index contributed by atoms with van der Waals surface area (Å²) in [6.45, 7) is 3.07. The molecule has 0 saturated carbocycles. The molecule has 0 aromatic heterocycles. The molecule has 1 aromatic carbocycles. The molecule has 1 nitrogen and oxygen atoms in total. The Morgan fingerprint density at radius 3 is 2.20 bits per heavy atom.